The molecule has 0 heterocycles. The lowest BCUT2D eigenvalue weighted by molar-refractivity contribution is -0.121. The highest BCUT2D eigenvalue weighted by molar-refractivity contribution is 6.32. The number of ether oxygens (including phenoxy) is 2. The maximum atomic E-state index is 12.1. The van der Waals surface area contributed by atoms with Crippen molar-refractivity contribution in [2.24, 2.45) is 5.92 Å². The van der Waals surface area contributed by atoms with Crippen LogP contribution in [0.5, 0.6) is 11.5 Å². The molecule has 7 heteroatoms. The fraction of sp³-hybridized carbons (Fsp3) is 0.500. The van der Waals surface area contributed by atoms with Crippen LogP contribution in [0.2, 0.25) is 5.02 Å². The number of amides is 1. The van der Waals surface area contributed by atoms with E-state index in [-0.39, 0.29) is 18.4 Å². The lowest BCUT2D eigenvalue weighted by Crippen LogP contribution is -2.50. The Morgan fingerprint density at radius 3 is 2.43 bits per heavy atom. The van der Waals surface area contributed by atoms with E-state index in [0.717, 1.165) is 0 Å². The third-order valence-electron chi connectivity index (χ3n) is 3.70. The molecule has 0 aliphatic carbocycles. The molecule has 1 aromatic rings. The third-order valence-corrected chi connectivity index (χ3v) is 3.99. The number of methoxy groups -OCH3 is 2. The summed E-state index contributed by atoms with van der Waals surface area (Å²) in [6.45, 7) is 5.45. The summed E-state index contributed by atoms with van der Waals surface area (Å²) in [4.78, 5) is 12.1. The van der Waals surface area contributed by atoms with E-state index in [9.17, 15) is 10.1 Å². The number of halogens is 1. The lowest BCUT2D eigenvalue weighted by Gasteiger charge is -2.27. The number of rotatable bonds is 7. The summed E-state index contributed by atoms with van der Waals surface area (Å²) in [6, 6.07) is 5.39. The topological polar surface area (TPSA) is 83.4 Å². The molecule has 0 aliphatic rings. The number of nitriles is 1. The molecule has 0 aliphatic heterocycles. The second-order valence-corrected chi connectivity index (χ2v) is 5.96. The zero-order chi connectivity index (χ0) is 17.6. The Labute approximate surface area is 141 Å². The number of hydrogen-bond acceptors (Lipinski definition) is 5. The summed E-state index contributed by atoms with van der Waals surface area (Å²) in [5.41, 5.74) is -0.340. The van der Waals surface area contributed by atoms with Gasteiger partial charge in [-0.3, -0.25) is 4.79 Å². The molecule has 0 fully saturated rings. The maximum absolute atomic E-state index is 12.1. The first-order chi connectivity index (χ1) is 10.8. The molecule has 0 radical (unpaired) electrons. The Bertz CT molecular complexity index is 613. The van der Waals surface area contributed by atoms with E-state index in [1.165, 1.54) is 14.2 Å². The van der Waals surface area contributed by atoms with Gasteiger partial charge in [0.2, 0.25) is 5.91 Å². The molecule has 1 atom stereocenters. The molecule has 0 saturated heterocycles. The zero-order valence-corrected chi connectivity index (χ0v) is 14.7. The number of hydrogen-bond donors (Lipinski definition) is 2. The Morgan fingerprint density at radius 2 is 1.96 bits per heavy atom. The highest BCUT2D eigenvalue weighted by Crippen LogP contribution is 2.35. The second kappa shape index (κ2) is 7.93. The molecule has 0 saturated carbocycles. The molecule has 0 aromatic heterocycles. The van der Waals surface area contributed by atoms with E-state index >= 15 is 0 Å². The van der Waals surface area contributed by atoms with E-state index in [2.05, 4.69) is 16.7 Å². The molecule has 2 N–H and O–H groups in total. The average Bonchev–Trinajstić information content (AvgIpc) is 2.52. The van der Waals surface area contributed by atoms with Crippen LogP contribution in [0.15, 0.2) is 12.1 Å². The first-order valence-electron chi connectivity index (χ1n) is 7.15. The van der Waals surface area contributed by atoms with Crippen molar-refractivity contribution in [3.63, 3.8) is 0 Å². The third kappa shape index (κ3) is 4.67. The summed E-state index contributed by atoms with van der Waals surface area (Å²) < 4.78 is 10.4. The first-order valence-corrected chi connectivity index (χ1v) is 7.52. The number of nitrogens with one attached hydrogen (secondary N) is 2. The molecule has 23 heavy (non-hydrogen) atoms. The van der Waals surface area contributed by atoms with Crippen LogP contribution in [0.25, 0.3) is 0 Å². The van der Waals surface area contributed by atoms with E-state index in [1.807, 2.05) is 13.8 Å². The Hall–Kier alpha value is -2.13. The number of anilines is 1. The number of carbonyl (C=O) groups excluding carboxylic acids is 1. The minimum Gasteiger partial charge on any atom is -0.495 e. The summed E-state index contributed by atoms with van der Waals surface area (Å²) in [6.07, 6.45) is 0. The van der Waals surface area contributed by atoms with Crippen LogP contribution in [0, 0.1) is 17.2 Å². The predicted octanol–water partition coefficient (Wildman–Crippen LogP) is 2.82. The van der Waals surface area contributed by atoms with E-state index < -0.39 is 5.54 Å². The summed E-state index contributed by atoms with van der Waals surface area (Å²) in [5.74, 6) is 0.662. The van der Waals surface area contributed by atoms with Gasteiger partial charge in [-0.25, -0.2) is 0 Å². The maximum Gasteiger partial charge on any atom is 0.240 e. The van der Waals surface area contributed by atoms with Crippen LogP contribution >= 0.6 is 11.6 Å². The lowest BCUT2D eigenvalue weighted by atomic mass is 9.90. The van der Waals surface area contributed by atoms with Crippen molar-refractivity contribution in [3.05, 3.63) is 17.2 Å². The normalized spacial score (nSPS) is 13.0. The highest BCUT2D eigenvalue weighted by Gasteiger charge is 2.29. The molecule has 1 unspecified atom stereocenters. The molecule has 1 aromatic carbocycles. The molecule has 0 bridgehead atoms. The number of carbonyl (C=O) groups is 1. The molecule has 6 nitrogen and oxygen atoms in total. The van der Waals surface area contributed by atoms with Gasteiger partial charge in [-0.2, -0.15) is 5.26 Å². The minimum atomic E-state index is -0.916. The molecule has 0 spiro atoms. The molecular weight excluding hydrogens is 318 g/mol. The van der Waals surface area contributed by atoms with Crippen molar-refractivity contribution in [2.45, 2.75) is 26.3 Å². The molecule has 1 rings (SSSR count). The van der Waals surface area contributed by atoms with E-state index in [0.29, 0.717) is 22.2 Å². The van der Waals surface area contributed by atoms with Crippen LogP contribution in [0.1, 0.15) is 20.8 Å². The summed E-state index contributed by atoms with van der Waals surface area (Å²) >= 11 is 6.04. The van der Waals surface area contributed by atoms with Crippen molar-refractivity contribution < 1.29 is 14.3 Å². The van der Waals surface area contributed by atoms with Gasteiger partial charge in [0.15, 0.2) is 0 Å². The molecule has 126 valence electrons. The van der Waals surface area contributed by atoms with Crippen LogP contribution in [0.4, 0.5) is 5.69 Å². The average molecular weight is 340 g/mol. The van der Waals surface area contributed by atoms with Gasteiger partial charge in [-0.1, -0.05) is 25.4 Å². The van der Waals surface area contributed by atoms with Gasteiger partial charge in [0.05, 0.1) is 37.5 Å². The number of benzene rings is 1. The molecule has 1 amide bonds. The largest absolute Gasteiger partial charge is 0.495 e. The fourth-order valence-corrected chi connectivity index (χ4v) is 2.04. The zero-order valence-electron chi connectivity index (χ0n) is 14.0. The SMILES string of the molecule is COc1cc(NCC(=O)NC(C)(C#N)C(C)C)c(OC)cc1Cl. The Kier molecular flexibility index (Phi) is 6.52. The standard InChI is InChI=1S/C16H22ClN3O3/c1-10(2)16(3,9-18)20-15(21)8-19-12-7-13(22-4)11(17)6-14(12)23-5/h6-7,10,19H,8H2,1-5H3,(H,20,21). The smallest absolute Gasteiger partial charge is 0.240 e. The van der Waals surface area contributed by atoms with Crippen LogP contribution < -0.4 is 20.1 Å². The van der Waals surface area contributed by atoms with Crippen molar-refractivity contribution in [3.8, 4) is 17.6 Å². The fourth-order valence-electron chi connectivity index (χ4n) is 1.81. The Balaban J connectivity index is 2.82. The second-order valence-electron chi connectivity index (χ2n) is 5.56. The summed E-state index contributed by atoms with van der Waals surface area (Å²) in [7, 11) is 3.01. The van der Waals surface area contributed by atoms with Crippen LogP contribution in [-0.4, -0.2) is 32.2 Å². The van der Waals surface area contributed by atoms with Crippen molar-refractivity contribution in [1.29, 1.82) is 5.26 Å². The Morgan fingerprint density at radius 1 is 1.35 bits per heavy atom. The highest BCUT2D eigenvalue weighted by atomic mass is 35.5. The van der Waals surface area contributed by atoms with Gasteiger partial charge in [0.25, 0.3) is 0 Å². The van der Waals surface area contributed by atoms with Crippen LogP contribution in [-0.2, 0) is 4.79 Å². The minimum absolute atomic E-state index is 0.00879. The van der Waals surface area contributed by atoms with Gasteiger partial charge in [-0.15, -0.1) is 0 Å². The van der Waals surface area contributed by atoms with Crippen molar-refractivity contribution >= 4 is 23.2 Å². The van der Waals surface area contributed by atoms with E-state index in [1.54, 1.807) is 19.1 Å². The van der Waals surface area contributed by atoms with Gasteiger partial charge in [0, 0.05) is 12.1 Å². The van der Waals surface area contributed by atoms with Gasteiger partial charge in [-0.05, 0) is 12.8 Å². The van der Waals surface area contributed by atoms with Gasteiger partial charge >= 0.3 is 0 Å². The first kappa shape index (κ1) is 18.9. The van der Waals surface area contributed by atoms with Gasteiger partial charge < -0.3 is 20.1 Å². The van der Waals surface area contributed by atoms with Crippen LogP contribution in [0.3, 0.4) is 0 Å². The number of nitrogens with zero attached hydrogens (tertiary/aromatic N) is 1. The van der Waals surface area contributed by atoms with Crippen molar-refractivity contribution in [1.82, 2.24) is 5.32 Å². The predicted molar refractivity (Wildman–Crippen MR) is 90.0 cm³/mol. The van der Waals surface area contributed by atoms with Gasteiger partial charge in [0.1, 0.15) is 17.0 Å². The van der Waals surface area contributed by atoms with Crippen molar-refractivity contribution in [2.75, 3.05) is 26.1 Å². The molecular formula is C16H22ClN3O3. The van der Waals surface area contributed by atoms with E-state index in [4.69, 9.17) is 21.1 Å². The monoisotopic (exact) mass is 339 g/mol. The summed E-state index contributed by atoms with van der Waals surface area (Å²) in [5, 5.41) is 15.3. The quantitative estimate of drug-likeness (QED) is 0.798.